The van der Waals surface area contributed by atoms with Crippen molar-refractivity contribution >= 4 is 6.29 Å². The lowest BCUT2D eigenvalue weighted by Gasteiger charge is -2.03. The Balaban J connectivity index is 2.09. The van der Waals surface area contributed by atoms with E-state index in [0.717, 1.165) is 31.2 Å². The minimum atomic E-state index is -0.0873. The molecule has 1 aliphatic rings. The maximum absolute atomic E-state index is 10.6. The number of nitrogens with zero attached hydrogens (tertiary/aromatic N) is 2. The molecule has 1 aromatic rings. The number of hydrogen-bond donors (Lipinski definition) is 0. The van der Waals surface area contributed by atoms with E-state index in [2.05, 4.69) is 10.2 Å². The molecular formula is C9H10N2O. The Morgan fingerprint density at radius 1 is 1.58 bits per heavy atom. The average Bonchev–Trinajstić information content (AvgIpc) is 2.88. The number of aromatic nitrogens is 2. The summed E-state index contributed by atoms with van der Waals surface area (Å²) in [5.74, 6) is 0. The Bertz CT molecular complexity index is 280. The first-order valence-corrected chi connectivity index (χ1v) is 4.08. The molecule has 12 heavy (non-hydrogen) atoms. The van der Waals surface area contributed by atoms with E-state index in [1.54, 1.807) is 6.20 Å². The van der Waals surface area contributed by atoms with Crippen LogP contribution in [-0.2, 0) is 11.2 Å². The van der Waals surface area contributed by atoms with Gasteiger partial charge in [0.05, 0.1) is 5.69 Å². The van der Waals surface area contributed by atoms with Gasteiger partial charge in [-0.2, -0.15) is 10.2 Å². The molecule has 1 aliphatic carbocycles. The largest absolute Gasteiger partial charge is 0.303 e. The number of aldehydes is 1. The fourth-order valence-corrected chi connectivity index (χ4v) is 1.29. The van der Waals surface area contributed by atoms with Crippen molar-refractivity contribution in [1.29, 1.82) is 0 Å². The van der Waals surface area contributed by atoms with Crippen LogP contribution in [0.4, 0.5) is 0 Å². The van der Waals surface area contributed by atoms with Gasteiger partial charge in [0.25, 0.3) is 0 Å². The Labute approximate surface area is 70.8 Å². The van der Waals surface area contributed by atoms with Crippen molar-refractivity contribution in [3.63, 3.8) is 0 Å². The van der Waals surface area contributed by atoms with Crippen LogP contribution in [-0.4, -0.2) is 16.5 Å². The minimum Gasteiger partial charge on any atom is -0.303 e. The smallest absolute Gasteiger partial charge is 0.126 e. The van der Waals surface area contributed by atoms with E-state index < -0.39 is 0 Å². The Kier molecular flexibility index (Phi) is 1.64. The van der Waals surface area contributed by atoms with E-state index >= 15 is 0 Å². The third-order valence-electron chi connectivity index (χ3n) is 2.30. The van der Waals surface area contributed by atoms with E-state index in [-0.39, 0.29) is 5.41 Å². The van der Waals surface area contributed by atoms with Crippen LogP contribution in [0.3, 0.4) is 0 Å². The van der Waals surface area contributed by atoms with Crippen molar-refractivity contribution in [2.75, 3.05) is 0 Å². The van der Waals surface area contributed by atoms with Crippen molar-refractivity contribution in [3.05, 3.63) is 24.0 Å². The molecule has 0 N–H and O–H groups in total. The summed E-state index contributed by atoms with van der Waals surface area (Å²) in [7, 11) is 0. The molecule has 0 radical (unpaired) electrons. The molecule has 1 heterocycles. The van der Waals surface area contributed by atoms with Crippen molar-refractivity contribution in [1.82, 2.24) is 10.2 Å². The molecular weight excluding hydrogens is 152 g/mol. The zero-order chi connectivity index (χ0) is 8.44. The summed E-state index contributed by atoms with van der Waals surface area (Å²) >= 11 is 0. The second-order valence-corrected chi connectivity index (χ2v) is 3.37. The molecule has 3 nitrogen and oxygen atoms in total. The molecule has 0 saturated heterocycles. The fourth-order valence-electron chi connectivity index (χ4n) is 1.29. The lowest BCUT2D eigenvalue weighted by Crippen LogP contribution is -2.07. The maximum atomic E-state index is 10.6. The monoisotopic (exact) mass is 162 g/mol. The Morgan fingerprint density at radius 2 is 2.42 bits per heavy atom. The first-order chi connectivity index (χ1) is 5.85. The summed E-state index contributed by atoms with van der Waals surface area (Å²) in [6, 6.07) is 3.76. The first-order valence-electron chi connectivity index (χ1n) is 4.08. The van der Waals surface area contributed by atoms with E-state index in [0.29, 0.717) is 0 Å². The molecule has 0 aliphatic heterocycles. The van der Waals surface area contributed by atoms with Crippen LogP contribution in [0.5, 0.6) is 0 Å². The number of carbonyl (C=O) groups excluding carboxylic acids is 1. The van der Waals surface area contributed by atoms with Gasteiger partial charge < -0.3 is 4.79 Å². The highest BCUT2D eigenvalue weighted by Gasteiger charge is 2.42. The topological polar surface area (TPSA) is 42.9 Å². The quantitative estimate of drug-likeness (QED) is 0.622. The van der Waals surface area contributed by atoms with Gasteiger partial charge in [0.1, 0.15) is 6.29 Å². The van der Waals surface area contributed by atoms with Gasteiger partial charge in [-0.15, -0.1) is 0 Å². The van der Waals surface area contributed by atoms with Crippen LogP contribution in [0.25, 0.3) is 0 Å². The summed E-state index contributed by atoms with van der Waals surface area (Å²) in [5.41, 5.74) is 0.831. The van der Waals surface area contributed by atoms with Crippen LogP contribution >= 0.6 is 0 Å². The van der Waals surface area contributed by atoms with Gasteiger partial charge in [0.15, 0.2) is 0 Å². The number of hydrogen-bond acceptors (Lipinski definition) is 3. The van der Waals surface area contributed by atoms with Crippen molar-refractivity contribution in [3.8, 4) is 0 Å². The molecule has 1 aromatic heterocycles. The maximum Gasteiger partial charge on any atom is 0.126 e. The molecule has 0 aromatic carbocycles. The van der Waals surface area contributed by atoms with Crippen LogP contribution in [0.1, 0.15) is 18.5 Å². The number of carbonyl (C=O) groups is 1. The van der Waals surface area contributed by atoms with Gasteiger partial charge in [-0.25, -0.2) is 0 Å². The summed E-state index contributed by atoms with van der Waals surface area (Å²) in [6.45, 7) is 0. The normalized spacial score (nSPS) is 18.7. The van der Waals surface area contributed by atoms with Crippen LogP contribution in [0, 0.1) is 5.41 Å². The lowest BCUT2D eigenvalue weighted by molar-refractivity contribution is -0.112. The minimum absolute atomic E-state index is 0.0873. The summed E-state index contributed by atoms with van der Waals surface area (Å²) in [4.78, 5) is 10.6. The van der Waals surface area contributed by atoms with Crippen molar-refractivity contribution in [2.45, 2.75) is 19.3 Å². The third kappa shape index (κ3) is 1.35. The Morgan fingerprint density at radius 3 is 2.92 bits per heavy atom. The van der Waals surface area contributed by atoms with E-state index in [9.17, 15) is 4.79 Å². The molecule has 0 amide bonds. The molecule has 1 fully saturated rings. The molecule has 2 rings (SSSR count). The Hall–Kier alpha value is -1.25. The number of rotatable bonds is 3. The van der Waals surface area contributed by atoms with Gasteiger partial charge >= 0.3 is 0 Å². The summed E-state index contributed by atoms with van der Waals surface area (Å²) < 4.78 is 0. The van der Waals surface area contributed by atoms with E-state index in [1.807, 2.05) is 12.1 Å². The summed E-state index contributed by atoms with van der Waals surface area (Å²) in [5, 5.41) is 7.71. The average molecular weight is 162 g/mol. The molecule has 1 saturated carbocycles. The van der Waals surface area contributed by atoms with Crippen molar-refractivity contribution < 1.29 is 4.79 Å². The molecule has 62 valence electrons. The SMILES string of the molecule is O=CC1(Cc2cccnn2)CC1. The molecule has 0 bridgehead atoms. The highest BCUT2D eigenvalue weighted by Crippen LogP contribution is 2.45. The molecule has 3 heteroatoms. The summed E-state index contributed by atoms with van der Waals surface area (Å²) in [6.07, 6.45) is 5.47. The van der Waals surface area contributed by atoms with E-state index in [1.165, 1.54) is 0 Å². The van der Waals surface area contributed by atoms with Gasteiger partial charge in [0, 0.05) is 18.0 Å². The zero-order valence-corrected chi connectivity index (χ0v) is 6.73. The first kappa shape index (κ1) is 7.40. The van der Waals surface area contributed by atoms with Crippen LogP contribution in [0.2, 0.25) is 0 Å². The van der Waals surface area contributed by atoms with Crippen LogP contribution in [0.15, 0.2) is 18.3 Å². The molecule has 0 unspecified atom stereocenters. The van der Waals surface area contributed by atoms with Gasteiger partial charge in [-0.05, 0) is 25.0 Å². The standard InChI is InChI=1S/C9H10N2O/c12-7-9(3-4-9)6-8-2-1-5-10-11-8/h1-2,5,7H,3-4,6H2. The van der Waals surface area contributed by atoms with Crippen molar-refractivity contribution in [2.24, 2.45) is 5.41 Å². The molecule has 0 spiro atoms. The molecule has 0 atom stereocenters. The highest BCUT2D eigenvalue weighted by atomic mass is 16.1. The predicted octanol–water partition coefficient (Wildman–Crippen LogP) is 0.998. The van der Waals surface area contributed by atoms with Gasteiger partial charge in [0.2, 0.25) is 0 Å². The zero-order valence-electron chi connectivity index (χ0n) is 6.73. The van der Waals surface area contributed by atoms with Gasteiger partial charge in [-0.1, -0.05) is 0 Å². The predicted molar refractivity (Wildman–Crippen MR) is 43.5 cm³/mol. The highest BCUT2D eigenvalue weighted by molar-refractivity contribution is 5.64. The fraction of sp³-hybridized carbons (Fsp3) is 0.444. The second-order valence-electron chi connectivity index (χ2n) is 3.37. The van der Waals surface area contributed by atoms with Crippen LogP contribution < -0.4 is 0 Å². The third-order valence-corrected chi connectivity index (χ3v) is 2.30. The van der Waals surface area contributed by atoms with E-state index in [4.69, 9.17) is 0 Å². The van der Waals surface area contributed by atoms with Gasteiger partial charge in [-0.3, -0.25) is 0 Å². The second kappa shape index (κ2) is 2.66. The lowest BCUT2D eigenvalue weighted by atomic mass is 10.0.